The van der Waals surface area contributed by atoms with Crippen molar-refractivity contribution in [3.8, 4) is 0 Å². The zero-order valence-corrected chi connectivity index (χ0v) is 7.93. The average molecular weight is 196 g/mol. The van der Waals surface area contributed by atoms with Gasteiger partial charge in [-0.15, -0.1) is 0 Å². The quantitative estimate of drug-likeness (QED) is 0.519. The molecule has 0 aliphatic carbocycles. The van der Waals surface area contributed by atoms with Crippen molar-refractivity contribution in [3.05, 3.63) is 21.6 Å². The number of nitrogens with zero attached hydrogens (tertiary/aromatic N) is 3. The summed E-state index contributed by atoms with van der Waals surface area (Å²) in [7, 11) is 0. The second-order valence-electron chi connectivity index (χ2n) is 3.59. The van der Waals surface area contributed by atoms with Gasteiger partial charge in [-0.3, -0.25) is 0 Å². The highest BCUT2D eigenvalue weighted by Gasteiger charge is 2.29. The number of nitrogens with two attached hydrogens (primary N) is 1. The summed E-state index contributed by atoms with van der Waals surface area (Å²) in [6, 6.07) is 0.0253. The fraction of sp³-hybridized carbons (Fsp3) is 0.625. The lowest BCUT2D eigenvalue weighted by atomic mass is 10.1. The zero-order chi connectivity index (χ0) is 10.3. The standard InChI is InChI=1S/C8H12N4O2/c1-5-10-8(12(13)14)7-4-6(9)2-3-11(5)7/h6H,2-4,9H2,1H3. The Labute approximate surface area is 80.9 Å². The van der Waals surface area contributed by atoms with Gasteiger partial charge in [0.15, 0.2) is 0 Å². The largest absolute Gasteiger partial charge is 0.385 e. The van der Waals surface area contributed by atoms with E-state index in [1.165, 1.54) is 0 Å². The van der Waals surface area contributed by atoms with Gasteiger partial charge < -0.3 is 20.4 Å². The molecule has 2 rings (SSSR count). The van der Waals surface area contributed by atoms with Gasteiger partial charge in [-0.25, -0.2) is 0 Å². The number of imidazole rings is 1. The molecular weight excluding hydrogens is 184 g/mol. The average Bonchev–Trinajstić information content (AvgIpc) is 2.43. The number of aryl methyl sites for hydroxylation is 1. The third-order valence-electron chi connectivity index (χ3n) is 2.59. The molecule has 1 aromatic heterocycles. The molecule has 14 heavy (non-hydrogen) atoms. The molecule has 0 saturated heterocycles. The minimum Gasteiger partial charge on any atom is -0.358 e. The van der Waals surface area contributed by atoms with Crippen LogP contribution < -0.4 is 5.73 Å². The second-order valence-corrected chi connectivity index (χ2v) is 3.59. The normalized spacial score (nSPS) is 20.6. The van der Waals surface area contributed by atoms with Crippen molar-refractivity contribution >= 4 is 5.82 Å². The number of hydrogen-bond donors (Lipinski definition) is 1. The fourth-order valence-corrected chi connectivity index (χ4v) is 1.88. The summed E-state index contributed by atoms with van der Waals surface area (Å²) < 4.78 is 1.89. The van der Waals surface area contributed by atoms with Gasteiger partial charge in [-0.2, -0.15) is 0 Å². The minimum absolute atomic E-state index is 0.0253. The number of nitro groups is 1. The Morgan fingerprint density at radius 1 is 1.71 bits per heavy atom. The van der Waals surface area contributed by atoms with Crippen LogP contribution in [-0.4, -0.2) is 20.5 Å². The zero-order valence-electron chi connectivity index (χ0n) is 7.93. The van der Waals surface area contributed by atoms with E-state index < -0.39 is 4.92 Å². The first-order valence-corrected chi connectivity index (χ1v) is 4.55. The molecule has 1 aliphatic heterocycles. The smallest absolute Gasteiger partial charge is 0.358 e. The molecule has 1 atom stereocenters. The van der Waals surface area contributed by atoms with E-state index in [0.717, 1.165) is 13.0 Å². The predicted octanol–water partition coefficient (Wildman–Crippen LogP) is 0.373. The first-order chi connectivity index (χ1) is 6.59. The van der Waals surface area contributed by atoms with Crippen molar-refractivity contribution < 1.29 is 4.92 Å². The summed E-state index contributed by atoms with van der Waals surface area (Å²) in [5, 5.41) is 10.7. The monoisotopic (exact) mass is 196 g/mol. The maximum atomic E-state index is 10.7. The van der Waals surface area contributed by atoms with Crippen LogP contribution in [0.25, 0.3) is 0 Å². The van der Waals surface area contributed by atoms with Crippen molar-refractivity contribution in [2.45, 2.75) is 32.4 Å². The molecule has 76 valence electrons. The lowest BCUT2D eigenvalue weighted by Crippen LogP contribution is -2.31. The Morgan fingerprint density at radius 3 is 3.07 bits per heavy atom. The summed E-state index contributed by atoms with van der Waals surface area (Å²) in [5.74, 6) is 0.677. The third-order valence-corrected chi connectivity index (χ3v) is 2.59. The molecular formula is C8H12N4O2. The molecule has 0 saturated carbocycles. The summed E-state index contributed by atoms with van der Waals surface area (Å²) >= 11 is 0. The lowest BCUT2D eigenvalue weighted by molar-refractivity contribution is -0.390. The first-order valence-electron chi connectivity index (χ1n) is 4.55. The Hall–Kier alpha value is -1.43. The van der Waals surface area contributed by atoms with E-state index in [1.807, 2.05) is 4.57 Å². The van der Waals surface area contributed by atoms with Gasteiger partial charge in [-0.05, 0) is 16.3 Å². The molecule has 6 heteroatoms. The number of hydrogen-bond acceptors (Lipinski definition) is 4. The molecule has 1 aromatic rings. The first kappa shape index (κ1) is 9.14. The van der Waals surface area contributed by atoms with Gasteiger partial charge >= 0.3 is 5.82 Å². The fourth-order valence-electron chi connectivity index (χ4n) is 1.88. The number of fused-ring (bicyclic) bond motifs is 1. The highest BCUT2D eigenvalue weighted by Crippen LogP contribution is 2.24. The molecule has 0 aromatic carbocycles. The van der Waals surface area contributed by atoms with E-state index in [2.05, 4.69) is 4.98 Å². The summed E-state index contributed by atoms with van der Waals surface area (Å²) in [5.41, 5.74) is 6.44. The van der Waals surface area contributed by atoms with E-state index in [9.17, 15) is 10.1 Å². The van der Waals surface area contributed by atoms with Crippen LogP contribution in [0.4, 0.5) is 5.82 Å². The van der Waals surface area contributed by atoms with E-state index in [4.69, 9.17) is 5.73 Å². The van der Waals surface area contributed by atoms with Gasteiger partial charge in [0.1, 0.15) is 5.69 Å². The Morgan fingerprint density at radius 2 is 2.43 bits per heavy atom. The summed E-state index contributed by atoms with van der Waals surface area (Å²) in [4.78, 5) is 14.2. The van der Waals surface area contributed by atoms with Crippen molar-refractivity contribution in [3.63, 3.8) is 0 Å². The van der Waals surface area contributed by atoms with Crippen LogP contribution in [-0.2, 0) is 13.0 Å². The summed E-state index contributed by atoms with van der Waals surface area (Å²) in [6.45, 7) is 2.52. The van der Waals surface area contributed by atoms with Crippen LogP contribution in [0.1, 0.15) is 17.9 Å². The van der Waals surface area contributed by atoms with Crippen LogP contribution >= 0.6 is 0 Å². The van der Waals surface area contributed by atoms with Gasteiger partial charge in [0.25, 0.3) is 0 Å². The van der Waals surface area contributed by atoms with Crippen molar-refractivity contribution in [1.29, 1.82) is 0 Å². The van der Waals surface area contributed by atoms with Crippen molar-refractivity contribution in [2.24, 2.45) is 5.73 Å². The number of rotatable bonds is 1. The lowest BCUT2D eigenvalue weighted by Gasteiger charge is -2.19. The predicted molar refractivity (Wildman–Crippen MR) is 49.9 cm³/mol. The Balaban J connectivity index is 2.50. The molecule has 0 spiro atoms. The molecule has 1 unspecified atom stereocenters. The van der Waals surface area contributed by atoms with Crippen molar-refractivity contribution in [2.75, 3.05) is 0 Å². The van der Waals surface area contributed by atoms with E-state index in [0.29, 0.717) is 17.9 Å². The number of aromatic nitrogens is 2. The van der Waals surface area contributed by atoms with Crippen molar-refractivity contribution in [1.82, 2.24) is 9.55 Å². The third kappa shape index (κ3) is 1.27. The molecule has 1 aliphatic rings. The topological polar surface area (TPSA) is 87.0 Å². The molecule has 2 heterocycles. The van der Waals surface area contributed by atoms with Gasteiger partial charge in [-0.1, -0.05) is 0 Å². The molecule has 0 fully saturated rings. The van der Waals surface area contributed by atoms with E-state index in [1.54, 1.807) is 6.92 Å². The summed E-state index contributed by atoms with van der Waals surface area (Å²) in [6.07, 6.45) is 1.42. The molecule has 6 nitrogen and oxygen atoms in total. The van der Waals surface area contributed by atoms with E-state index in [-0.39, 0.29) is 11.9 Å². The highest BCUT2D eigenvalue weighted by molar-refractivity contribution is 5.31. The van der Waals surface area contributed by atoms with Crippen LogP contribution in [0.3, 0.4) is 0 Å². The Bertz CT molecular complexity index is 385. The molecule has 0 amide bonds. The second kappa shape index (κ2) is 3.06. The van der Waals surface area contributed by atoms with Crippen LogP contribution in [0, 0.1) is 17.0 Å². The van der Waals surface area contributed by atoms with Gasteiger partial charge in [0.05, 0.1) is 0 Å². The van der Waals surface area contributed by atoms with Crippen LogP contribution in [0.5, 0.6) is 0 Å². The van der Waals surface area contributed by atoms with E-state index >= 15 is 0 Å². The van der Waals surface area contributed by atoms with Gasteiger partial charge in [0, 0.05) is 25.9 Å². The molecule has 2 N–H and O–H groups in total. The molecule has 0 bridgehead atoms. The SMILES string of the molecule is Cc1nc([N+](=O)[O-])c2n1CCC(N)C2. The molecule has 0 radical (unpaired) electrons. The maximum Gasteiger partial charge on any atom is 0.385 e. The van der Waals surface area contributed by atoms with Gasteiger partial charge in [0.2, 0.25) is 5.82 Å². The van der Waals surface area contributed by atoms with Crippen LogP contribution in [0.15, 0.2) is 0 Å². The van der Waals surface area contributed by atoms with Crippen LogP contribution in [0.2, 0.25) is 0 Å². The minimum atomic E-state index is -0.434. The highest BCUT2D eigenvalue weighted by atomic mass is 16.6. The maximum absolute atomic E-state index is 10.7. The Kier molecular flexibility index (Phi) is 1.99.